The van der Waals surface area contributed by atoms with Crippen molar-refractivity contribution in [2.75, 3.05) is 45.4 Å². The number of amides is 1. The van der Waals surface area contributed by atoms with Crippen LogP contribution in [0.5, 0.6) is 11.5 Å². The number of methoxy groups -OCH3 is 2. The maximum atomic E-state index is 12.6. The molecule has 2 aromatic carbocycles. The lowest BCUT2D eigenvalue weighted by Gasteiger charge is -2.33. The molecule has 2 aromatic rings. The highest BCUT2D eigenvalue weighted by molar-refractivity contribution is 8.16. The SMILES string of the molecule is COc1ccc(C2=NC3(CCN(C)CC3)N=C2SCC(=O)Nc2ccc(OC)c(Cl)c2)cc1. The summed E-state index contributed by atoms with van der Waals surface area (Å²) in [6.45, 7) is 1.89. The van der Waals surface area contributed by atoms with E-state index in [0.29, 0.717) is 16.5 Å². The highest BCUT2D eigenvalue weighted by Crippen LogP contribution is 2.35. The molecule has 0 saturated carbocycles. The van der Waals surface area contributed by atoms with Gasteiger partial charge in [-0.25, -0.2) is 4.99 Å². The lowest BCUT2D eigenvalue weighted by Crippen LogP contribution is -2.39. The van der Waals surface area contributed by atoms with Crippen LogP contribution in [-0.4, -0.2) is 67.3 Å². The number of hydrogen-bond donors (Lipinski definition) is 1. The molecule has 0 radical (unpaired) electrons. The molecule has 2 heterocycles. The van der Waals surface area contributed by atoms with Gasteiger partial charge in [0.15, 0.2) is 5.66 Å². The average molecular weight is 487 g/mol. The summed E-state index contributed by atoms with van der Waals surface area (Å²) in [6.07, 6.45) is 1.73. The summed E-state index contributed by atoms with van der Waals surface area (Å²) in [6, 6.07) is 13.0. The summed E-state index contributed by atoms with van der Waals surface area (Å²) in [5.41, 5.74) is 1.99. The first-order valence-corrected chi connectivity index (χ1v) is 12.1. The van der Waals surface area contributed by atoms with Crippen LogP contribution in [0.4, 0.5) is 5.69 Å². The minimum absolute atomic E-state index is 0.137. The Kier molecular flexibility index (Phi) is 7.26. The van der Waals surface area contributed by atoms with Gasteiger partial charge in [0.25, 0.3) is 0 Å². The van der Waals surface area contributed by atoms with Crippen LogP contribution in [0.3, 0.4) is 0 Å². The molecule has 0 atom stereocenters. The van der Waals surface area contributed by atoms with Gasteiger partial charge in [-0.3, -0.25) is 9.79 Å². The Bertz CT molecular complexity index is 1080. The van der Waals surface area contributed by atoms with Gasteiger partial charge in [-0.1, -0.05) is 23.4 Å². The van der Waals surface area contributed by atoms with Gasteiger partial charge in [-0.15, -0.1) is 0 Å². The Labute approximate surface area is 203 Å². The average Bonchev–Trinajstić information content (AvgIpc) is 3.18. The van der Waals surface area contributed by atoms with E-state index in [1.807, 2.05) is 24.3 Å². The van der Waals surface area contributed by atoms with Gasteiger partial charge in [0.05, 0.1) is 30.7 Å². The topological polar surface area (TPSA) is 75.5 Å². The second-order valence-electron chi connectivity index (χ2n) is 8.08. The van der Waals surface area contributed by atoms with Crippen LogP contribution in [0, 0.1) is 0 Å². The van der Waals surface area contributed by atoms with Crippen molar-refractivity contribution < 1.29 is 14.3 Å². The van der Waals surface area contributed by atoms with E-state index in [0.717, 1.165) is 48.0 Å². The minimum atomic E-state index is -0.440. The van der Waals surface area contributed by atoms with E-state index in [1.165, 1.54) is 11.8 Å². The molecule has 7 nitrogen and oxygen atoms in total. The van der Waals surface area contributed by atoms with Gasteiger partial charge in [0, 0.05) is 37.2 Å². The van der Waals surface area contributed by atoms with Crippen molar-refractivity contribution in [2.45, 2.75) is 18.5 Å². The van der Waals surface area contributed by atoms with Crippen LogP contribution in [0.1, 0.15) is 18.4 Å². The van der Waals surface area contributed by atoms with Crippen LogP contribution in [0.15, 0.2) is 52.4 Å². The van der Waals surface area contributed by atoms with Crippen molar-refractivity contribution in [2.24, 2.45) is 9.98 Å². The Morgan fingerprint density at radius 2 is 1.85 bits per heavy atom. The zero-order valence-corrected chi connectivity index (χ0v) is 20.5. The number of ether oxygens (including phenoxy) is 2. The summed E-state index contributed by atoms with van der Waals surface area (Å²) in [4.78, 5) is 25.0. The predicted molar refractivity (Wildman–Crippen MR) is 136 cm³/mol. The number of nitrogens with zero attached hydrogens (tertiary/aromatic N) is 3. The van der Waals surface area contributed by atoms with Crippen molar-refractivity contribution in [1.82, 2.24) is 4.90 Å². The number of anilines is 1. The normalized spacial score (nSPS) is 17.5. The number of carbonyl (C=O) groups excluding carboxylic acids is 1. The second-order valence-corrected chi connectivity index (χ2v) is 9.45. The van der Waals surface area contributed by atoms with Crippen LogP contribution in [0.2, 0.25) is 5.02 Å². The van der Waals surface area contributed by atoms with Crippen molar-refractivity contribution in [3.05, 3.63) is 53.1 Å². The summed E-state index contributed by atoms with van der Waals surface area (Å²) in [5, 5.41) is 4.13. The lowest BCUT2D eigenvalue weighted by molar-refractivity contribution is -0.113. The van der Waals surface area contributed by atoms with Crippen LogP contribution >= 0.6 is 23.4 Å². The molecule has 33 heavy (non-hydrogen) atoms. The third-order valence-electron chi connectivity index (χ3n) is 5.76. The minimum Gasteiger partial charge on any atom is -0.497 e. The first-order valence-electron chi connectivity index (χ1n) is 10.7. The molecular formula is C24H27ClN4O3S. The number of rotatable bonds is 6. The molecule has 1 N–H and O–H groups in total. The van der Waals surface area contributed by atoms with Gasteiger partial charge >= 0.3 is 0 Å². The fourth-order valence-electron chi connectivity index (χ4n) is 3.84. The molecule has 2 aliphatic rings. The van der Waals surface area contributed by atoms with Crippen LogP contribution < -0.4 is 14.8 Å². The van der Waals surface area contributed by atoms with E-state index in [1.54, 1.807) is 32.4 Å². The maximum Gasteiger partial charge on any atom is 0.234 e. The maximum absolute atomic E-state index is 12.6. The molecule has 0 aromatic heterocycles. The van der Waals surface area contributed by atoms with E-state index >= 15 is 0 Å². The number of benzene rings is 2. The smallest absolute Gasteiger partial charge is 0.234 e. The monoisotopic (exact) mass is 486 g/mol. The van der Waals surface area contributed by atoms with Gasteiger partial charge in [-0.05, 0) is 49.5 Å². The Balaban J connectivity index is 1.49. The van der Waals surface area contributed by atoms with Crippen molar-refractivity contribution in [3.8, 4) is 11.5 Å². The summed E-state index contributed by atoms with van der Waals surface area (Å²) >= 11 is 7.58. The number of carbonyl (C=O) groups is 1. The largest absolute Gasteiger partial charge is 0.497 e. The molecular weight excluding hydrogens is 460 g/mol. The summed E-state index contributed by atoms with van der Waals surface area (Å²) in [5.74, 6) is 1.43. The molecule has 1 spiro atoms. The highest BCUT2D eigenvalue weighted by Gasteiger charge is 2.39. The lowest BCUT2D eigenvalue weighted by atomic mass is 9.99. The van der Waals surface area contributed by atoms with E-state index in [4.69, 9.17) is 31.1 Å². The zero-order valence-electron chi connectivity index (χ0n) is 18.9. The molecule has 1 saturated heterocycles. The molecule has 1 amide bonds. The molecule has 9 heteroatoms. The molecule has 174 valence electrons. The number of thioether (sulfide) groups is 1. The van der Waals surface area contributed by atoms with Gasteiger partial charge in [0.2, 0.25) is 5.91 Å². The Hall–Kier alpha value is -2.55. The van der Waals surface area contributed by atoms with Gasteiger partial charge < -0.3 is 19.7 Å². The molecule has 0 aliphatic carbocycles. The number of piperidine rings is 1. The molecule has 0 bridgehead atoms. The quantitative estimate of drug-likeness (QED) is 0.656. The van der Waals surface area contributed by atoms with E-state index < -0.39 is 5.66 Å². The fourth-order valence-corrected chi connectivity index (χ4v) is 4.97. The van der Waals surface area contributed by atoms with Gasteiger partial charge in [0.1, 0.15) is 16.5 Å². The molecule has 1 fully saturated rings. The van der Waals surface area contributed by atoms with Crippen molar-refractivity contribution >= 4 is 45.7 Å². The fraction of sp³-hybridized carbons (Fsp3) is 0.375. The van der Waals surface area contributed by atoms with Crippen molar-refractivity contribution in [3.63, 3.8) is 0 Å². The first kappa shape index (κ1) is 23.6. The standard InChI is InChI=1S/C24H27ClN4O3S/c1-29-12-10-24(11-13-29)27-22(16-4-7-18(31-2)8-5-16)23(28-24)33-15-21(30)26-17-6-9-20(32-3)19(25)14-17/h4-9,14H,10-13,15H2,1-3H3,(H,26,30). The Morgan fingerprint density at radius 1 is 1.12 bits per heavy atom. The van der Waals surface area contributed by atoms with Crippen molar-refractivity contribution in [1.29, 1.82) is 0 Å². The third-order valence-corrected chi connectivity index (χ3v) is 7.02. The Morgan fingerprint density at radius 3 is 2.48 bits per heavy atom. The first-order chi connectivity index (χ1) is 15.9. The number of likely N-dealkylation sites (tertiary alicyclic amines) is 1. The molecule has 4 rings (SSSR count). The highest BCUT2D eigenvalue weighted by atomic mass is 35.5. The van der Waals surface area contributed by atoms with E-state index in [9.17, 15) is 4.79 Å². The van der Waals surface area contributed by atoms with E-state index in [-0.39, 0.29) is 11.7 Å². The number of halogens is 1. The van der Waals surface area contributed by atoms with Crippen LogP contribution in [0.25, 0.3) is 0 Å². The van der Waals surface area contributed by atoms with E-state index in [2.05, 4.69) is 17.3 Å². The second kappa shape index (κ2) is 10.2. The zero-order chi connectivity index (χ0) is 23.4. The number of nitrogens with one attached hydrogen (secondary N) is 1. The van der Waals surface area contributed by atoms with Crippen LogP contribution in [-0.2, 0) is 4.79 Å². The van der Waals surface area contributed by atoms with Gasteiger partial charge in [-0.2, -0.15) is 0 Å². The summed E-state index contributed by atoms with van der Waals surface area (Å²) in [7, 11) is 5.31. The predicted octanol–water partition coefficient (Wildman–Crippen LogP) is 4.35. The number of hydrogen-bond acceptors (Lipinski definition) is 7. The molecule has 0 unspecified atom stereocenters. The summed E-state index contributed by atoms with van der Waals surface area (Å²) < 4.78 is 10.4. The number of aliphatic imine (C=N–C) groups is 2. The third kappa shape index (κ3) is 5.51. The molecule has 2 aliphatic heterocycles.